The zero-order valence-electron chi connectivity index (χ0n) is 7.87. The molecule has 0 bridgehead atoms. The van der Waals surface area contributed by atoms with Crippen molar-refractivity contribution >= 4 is 5.97 Å². The van der Waals surface area contributed by atoms with Crippen molar-refractivity contribution < 1.29 is 20.2 Å². The van der Waals surface area contributed by atoms with Crippen LogP contribution in [0, 0.1) is 0 Å². The number of carboxylic acids is 1. The largest absolute Gasteiger partial charge is 0.508 e. The standard InChI is InChI=1S/C9H12N2O4/c10-11(15)8(9(13)14)5-6-1-3-7(12)4-2-6/h1-4,8,12,15H,5,10H2,(H,13,14). The van der Waals surface area contributed by atoms with Gasteiger partial charge in [-0.1, -0.05) is 12.1 Å². The molecule has 6 nitrogen and oxygen atoms in total. The molecule has 6 heteroatoms. The molecule has 15 heavy (non-hydrogen) atoms. The molecule has 0 aliphatic rings. The number of nitrogens with two attached hydrogens (primary N) is 1. The third kappa shape index (κ3) is 3.21. The first-order chi connectivity index (χ1) is 7.00. The second kappa shape index (κ2) is 4.74. The summed E-state index contributed by atoms with van der Waals surface area (Å²) in [5.74, 6) is 3.86. The maximum atomic E-state index is 10.7. The van der Waals surface area contributed by atoms with Gasteiger partial charge in [0.15, 0.2) is 6.04 Å². The smallest absolute Gasteiger partial charge is 0.325 e. The van der Waals surface area contributed by atoms with Crippen molar-refractivity contribution in [1.29, 1.82) is 0 Å². The monoisotopic (exact) mass is 212 g/mol. The van der Waals surface area contributed by atoms with Crippen LogP contribution < -0.4 is 5.84 Å². The van der Waals surface area contributed by atoms with Crippen molar-refractivity contribution in [2.45, 2.75) is 12.5 Å². The summed E-state index contributed by atoms with van der Waals surface area (Å²) in [5, 5.41) is 26.8. The number of hydrogen-bond donors (Lipinski definition) is 4. The van der Waals surface area contributed by atoms with Crippen LogP contribution in [0.1, 0.15) is 5.56 Å². The first kappa shape index (κ1) is 11.4. The predicted molar refractivity (Wildman–Crippen MR) is 51.0 cm³/mol. The SMILES string of the molecule is NN(O)C(Cc1ccc(O)cc1)C(=O)O. The molecule has 0 aliphatic heterocycles. The molecular formula is C9H12N2O4. The van der Waals surface area contributed by atoms with Crippen molar-refractivity contribution in [1.82, 2.24) is 5.17 Å². The minimum atomic E-state index is -1.21. The summed E-state index contributed by atoms with van der Waals surface area (Å²) in [6, 6.07) is 4.80. The first-order valence-corrected chi connectivity index (χ1v) is 4.24. The topological polar surface area (TPSA) is 107 Å². The number of rotatable bonds is 4. The third-order valence-electron chi connectivity index (χ3n) is 1.97. The van der Waals surface area contributed by atoms with E-state index in [9.17, 15) is 4.79 Å². The van der Waals surface area contributed by atoms with Gasteiger partial charge < -0.3 is 10.2 Å². The molecule has 1 aromatic rings. The highest BCUT2D eigenvalue weighted by molar-refractivity contribution is 5.73. The number of hydrazine groups is 1. The van der Waals surface area contributed by atoms with E-state index in [1.54, 1.807) is 12.1 Å². The summed E-state index contributed by atoms with van der Waals surface area (Å²) in [7, 11) is 0. The Morgan fingerprint density at radius 1 is 1.40 bits per heavy atom. The highest BCUT2D eigenvalue weighted by Crippen LogP contribution is 2.12. The van der Waals surface area contributed by atoms with E-state index < -0.39 is 12.0 Å². The number of hydroxylamine groups is 1. The lowest BCUT2D eigenvalue weighted by molar-refractivity contribution is -0.170. The molecule has 0 amide bonds. The van der Waals surface area contributed by atoms with Crippen LogP contribution in [0.5, 0.6) is 5.75 Å². The van der Waals surface area contributed by atoms with Gasteiger partial charge in [0, 0.05) is 6.42 Å². The molecule has 0 aromatic heterocycles. The first-order valence-electron chi connectivity index (χ1n) is 4.24. The number of phenolic OH excluding ortho intramolecular Hbond substituents is 1. The Morgan fingerprint density at radius 2 is 1.93 bits per heavy atom. The van der Waals surface area contributed by atoms with Crippen LogP contribution in [-0.2, 0) is 11.2 Å². The van der Waals surface area contributed by atoms with Gasteiger partial charge >= 0.3 is 5.97 Å². The molecule has 0 radical (unpaired) electrons. The Hall–Kier alpha value is -1.63. The second-order valence-electron chi connectivity index (χ2n) is 3.10. The molecule has 1 unspecified atom stereocenters. The fraction of sp³-hybridized carbons (Fsp3) is 0.222. The number of benzene rings is 1. The lowest BCUT2D eigenvalue weighted by Crippen LogP contribution is -2.44. The van der Waals surface area contributed by atoms with Gasteiger partial charge in [-0.2, -0.15) is 0 Å². The minimum Gasteiger partial charge on any atom is -0.508 e. The van der Waals surface area contributed by atoms with Crippen molar-refractivity contribution in [2.75, 3.05) is 0 Å². The summed E-state index contributed by atoms with van der Waals surface area (Å²) in [4.78, 5) is 10.7. The van der Waals surface area contributed by atoms with Gasteiger partial charge in [0.05, 0.1) is 0 Å². The molecule has 82 valence electrons. The fourth-order valence-corrected chi connectivity index (χ4v) is 1.15. The van der Waals surface area contributed by atoms with Gasteiger partial charge in [0.25, 0.3) is 0 Å². The Kier molecular flexibility index (Phi) is 3.62. The summed E-state index contributed by atoms with van der Waals surface area (Å²) in [6.07, 6.45) is 0.0581. The molecular weight excluding hydrogens is 200 g/mol. The molecule has 1 aromatic carbocycles. The summed E-state index contributed by atoms with van der Waals surface area (Å²) in [6.45, 7) is 0. The van der Waals surface area contributed by atoms with E-state index in [0.29, 0.717) is 5.56 Å². The molecule has 0 fully saturated rings. The highest BCUT2D eigenvalue weighted by atomic mass is 16.5. The average Bonchev–Trinajstić information content (AvgIpc) is 2.15. The Labute approximate surface area is 86.1 Å². The second-order valence-corrected chi connectivity index (χ2v) is 3.10. The third-order valence-corrected chi connectivity index (χ3v) is 1.97. The van der Waals surface area contributed by atoms with E-state index >= 15 is 0 Å². The van der Waals surface area contributed by atoms with Crippen LogP contribution in [0.4, 0.5) is 0 Å². The number of nitrogens with zero attached hydrogens (tertiary/aromatic N) is 1. The quantitative estimate of drug-likeness (QED) is 0.412. The Morgan fingerprint density at radius 3 is 2.33 bits per heavy atom. The number of carbonyl (C=O) groups is 1. The molecule has 0 saturated heterocycles. The van der Waals surface area contributed by atoms with Gasteiger partial charge in [-0.25, -0.2) is 5.84 Å². The summed E-state index contributed by atoms with van der Waals surface area (Å²) < 4.78 is 0. The van der Waals surface area contributed by atoms with Crippen molar-refractivity contribution in [3.05, 3.63) is 29.8 Å². The van der Waals surface area contributed by atoms with Crippen LogP contribution in [-0.4, -0.2) is 32.6 Å². The fourth-order valence-electron chi connectivity index (χ4n) is 1.15. The average molecular weight is 212 g/mol. The number of carboxylic acid groups (broad SMARTS) is 1. The van der Waals surface area contributed by atoms with Gasteiger partial charge in [-0.15, -0.1) is 5.17 Å². The molecule has 0 aliphatic carbocycles. The lowest BCUT2D eigenvalue weighted by Gasteiger charge is -2.17. The number of hydrogen-bond acceptors (Lipinski definition) is 5. The summed E-state index contributed by atoms with van der Waals surface area (Å²) >= 11 is 0. The maximum absolute atomic E-state index is 10.7. The Balaban J connectivity index is 2.74. The van der Waals surface area contributed by atoms with Crippen molar-refractivity contribution in [2.24, 2.45) is 5.84 Å². The highest BCUT2D eigenvalue weighted by Gasteiger charge is 2.22. The van der Waals surface area contributed by atoms with Crippen LogP contribution in [0.15, 0.2) is 24.3 Å². The minimum absolute atomic E-state index is 0.0581. The summed E-state index contributed by atoms with van der Waals surface area (Å²) in [5.41, 5.74) is 0.657. The van der Waals surface area contributed by atoms with E-state index in [1.807, 2.05) is 0 Å². The molecule has 5 N–H and O–H groups in total. The maximum Gasteiger partial charge on any atom is 0.325 e. The van der Waals surface area contributed by atoms with Crippen LogP contribution in [0.2, 0.25) is 0 Å². The van der Waals surface area contributed by atoms with Gasteiger partial charge in [0.1, 0.15) is 5.75 Å². The molecule has 0 saturated carbocycles. The number of aromatic hydroxyl groups is 1. The lowest BCUT2D eigenvalue weighted by atomic mass is 10.1. The van der Waals surface area contributed by atoms with Crippen molar-refractivity contribution in [3.8, 4) is 5.75 Å². The van der Waals surface area contributed by atoms with E-state index in [4.69, 9.17) is 21.3 Å². The van der Waals surface area contributed by atoms with Gasteiger partial charge in [0.2, 0.25) is 0 Å². The molecule has 1 atom stereocenters. The van der Waals surface area contributed by atoms with Crippen LogP contribution in [0.25, 0.3) is 0 Å². The molecule has 1 rings (SSSR count). The van der Waals surface area contributed by atoms with Crippen molar-refractivity contribution in [3.63, 3.8) is 0 Å². The normalized spacial score (nSPS) is 12.7. The zero-order chi connectivity index (χ0) is 11.4. The van der Waals surface area contributed by atoms with E-state index in [1.165, 1.54) is 12.1 Å². The van der Waals surface area contributed by atoms with Gasteiger partial charge in [-0.05, 0) is 17.7 Å². The van der Waals surface area contributed by atoms with E-state index in [0.717, 1.165) is 0 Å². The van der Waals surface area contributed by atoms with E-state index in [2.05, 4.69) is 0 Å². The van der Waals surface area contributed by atoms with Crippen LogP contribution >= 0.6 is 0 Å². The zero-order valence-corrected chi connectivity index (χ0v) is 7.87. The van der Waals surface area contributed by atoms with E-state index in [-0.39, 0.29) is 17.3 Å². The number of phenols is 1. The van der Waals surface area contributed by atoms with Gasteiger partial charge in [-0.3, -0.25) is 10.0 Å². The molecule has 0 spiro atoms. The van der Waals surface area contributed by atoms with Crippen LogP contribution in [0.3, 0.4) is 0 Å². The molecule has 0 heterocycles. The number of aliphatic carboxylic acids is 1. The Bertz CT molecular complexity index is 336. The predicted octanol–water partition coefficient (Wildman–Crippen LogP) is -0.0472.